The SMILES string of the molecule is CC[C@@H](OCc1ccc(OC)cc1)[C@H](C)[C@@H](O[Si](C)(C)C(C)(C)C)[C@H](C)CO[Si](C)(C)C(C)(C)C. The standard InChI is InChI=1S/C29H56O4Si2/c1-15-26(31-21-24-16-18-25(30-10)19-17-24)23(3)27(33-35(13,14)29(7,8)9)22(2)20-32-34(11,12)28(4,5)6/h16-19,22-23,26-27H,15,20-21H2,1-14H3/t22-,23+,26-,27+/m1/s1. The molecule has 0 saturated carbocycles. The maximum atomic E-state index is 7.12. The van der Waals surface area contributed by atoms with Crippen LogP contribution in [0.25, 0.3) is 0 Å². The molecule has 0 unspecified atom stereocenters. The predicted octanol–water partition coefficient (Wildman–Crippen LogP) is 8.67. The number of hydrogen-bond acceptors (Lipinski definition) is 4. The Hall–Kier alpha value is -0.666. The molecule has 0 radical (unpaired) electrons. The van der Waals surface area contributed by atoms with E-state index in [9.17, 15) is 0 Å². The maximum absolute atomic E-state index is 7.12. The van der Waals surface area contributed by atoms with E-state index < -0.39 is 16.6 Å². The van der Waals surface area contributed by atoms with Gasteiger partial charge in [0.25, 0.3) is 0 Å². The second kappa shape index (κ2) is 12.7. The lowest BCUT2D eigenvalue weighted by Gasteiger charge is -2.45. The largest absolute Gasteiger partial charge is 0.497 e. The lowest BCUT2D eigenvalue weighted by atomic mass is 9.88. The summed E-state index contributed by atoms with van der Waals surface area (Å²) in [4.78, 5) is 0. The van der Waals surface area contributed by atoms with Crippen molar-refractivity contribution in [3.63, 3.8) is 0 Å². The van der Waals surface area contributed by atoms with Gasteiger partial charge in [-0.25, -0.2) is 0 Å². The first-order chi connectivity index (χ1) is 15.9. The molecule has 0 aliphatic rings. The molecular formula is C29H56O4Si2. The van der Waals surface area contributed by atoms with Crippen LogP contribution < -0.4 is 4.74 Å². The van der Waals surface area contributed by atoms with Gasteiger partial charge in [0, 0.05) is 18.4 Å². The Labute approximate surface area is 219 Å². The summed E-state index contributed by atoms with van der Waals surface area (Å²) in [5.74, 6) is 1.41. The zero-order valence-corrected chi connectivity index (χ0v) is 27.4. The highest BCUT2D eigenvalue weighted by Crippen LogP contribution is 2.41. The lowest BCUT2D eigenvalue weighted by Crippen LogP contribution is -2.51. The van der Waals surface area contributed by atoms with E-state index in [4.69, 9.17) is 18.3 Å². The van der Waals surface area contributed by atoms with Crippen molar-refractivity contribution >= 4 is 16.6 Å². The molecule has 35 heavy (non-hydrogen) atoms. The fourth-order valence-corrected chi connectivity index (χ4v) is 6.28. The molecule has 0 bridgehead atoms. The molecule has 0 aliphatic heterocycles. The van der Waals surface area contributed by atoms with Crippen LogP contribution in [0.5, 0.6) is 5.75 Å². The molecule has 1 aromatic rings. The zero-order valence-electron chi connectivity index (χ0n) is 25.4. The van der Waals surface area contributed by atoms with Crippen molar-refractivity contribution < 1.29 is 18.3 Å². The van der Waals surface area contributed by atoms with Crippen molar-refractivity contribution in [3.05, 3.63) is 29.8 Å². The average molecular weight is 525 g/mol. The summed E-state index contributed by atoms with van der Waals surface area (Å²) in [6.45, 7) is 31.4. The Morgan fingerprint density at radius 1 is 0.829 bits per heavy atom. The van der Waals surface area contributed by atoms with Crippen LogP contribution in [0.15, 0.2) is 24.3 Å². The van der Waals surface area contributed by atoms with E-state index in [0.29, 0.717) is 6.61 Å². The van der Waals surface area contributed by atoms with E-state index in [1.54, 1.807) is 7.11 Å². The molecule has 1 rings (SSSR count). The van der Waals surface area contributed by atoms with E-state index in [1.807, 2.05) is 12.1 Å². The first kappa shape index (κ1) is 32.4. The highest BCUT2D eigenvalue weighted by Gasteiger charge is 2.44. The third-order valence-corrected chi connectivity index (χ3v) is 17.4. The minimum Gasteiger partial charge on any atom is -0.497 e. The minimum absolute atomic E-state index is 0.0847. The molecule has 0 heterocycles. The van der Waals surface area contributed by atoms with Crippen LogP contribution in [0.2, 0.25) is 36.3 Å². The van der Waals surface area contributed by atoms with Crippen molar-refractivity contribution in [2.45, 2.75) is 124 Å². The van der Waals surface area contributed by atoms with E-state index in [0.717, 1.165) is 24.3 Å². The maximum Gasteiger partial charge on any atom is 0.192 e. The van der Waals surface area contributed by atoms with Crippen molar-refractivity contribution in [1.82, 2.24) is 0 Å². The Kier molecular flexibility index (Phi) is 11.8. The normalized spacial score (nSPS) is 17.1. The van der Waals surface area contributed by atoms with Crippen LogP contribution in [0.1, 0.15) is 74.3 Å². The van der Waals surface area contributed by atoms with E-state index in [-0.39, 0.29) is 34.1 Å². The van der Waals surface area contributed by atoms with Crippen molar-refractivity contribution in [1.29, 1.82) is 0 Å². The van der Waals surface area contributed by atoms with Crippen molar-refractivity contribution in [2.75, 3.05) is 13.7 Å². The summed E-state index contributed by atoms with van der Waals surface area (Å²) in [7, 11) is -2.11. The zero-order chi connectivity index (χ0) is 27.2. The van der Waals surface area contributed by atoms with Crippen molar-refractivity contribution in [3.8, 4) is 5.75 Å². The monoisotopic (exact) mass is 524 g/mol. The van der Waals surface area contributed by atoms with Gasteiger partial charge in [-0.15, -0.1) is 0 Å². The number of methoxy groups -OCH3 is 1. The molecule has 1 aromatic carbocycles. The van der Waals surface area contributed by atoms with Gasteiger partial charge in [-0.3, -0.25) is 0 Å². The Morgan fingerprint density at radius 2 is 1.34 bits per heavy atom. The molecule has 0 aliphatic carbocycles. The molecule has 4 atom stereocenters. The van der Waals surface area contributed by atoms with Gasteiger partial charge < -0.3 is 18.3 Å². The third kappa shape index (κ3) is 9.30. The van der Waals surface area contributed by atoms with Gasteiger partial charge in [0.1, 0.15) is 5.75 Å². The summed E-state index contributed by atoms with van der Waals surface area (Å²) in [6, 6.07) is 8.14. The van der Waals surface area contributed by atoms with E-state index >= 15 is 0 Å². The van der Waals surface area contributed by atoms with Gasteiger partial charge >= 0.3 is 0 Å². The summed E-state index contributed by atoms with van der Waals surface area (Å²) in [5.41, 5.74) is 1.16. The molecular weight excluding hydrogens is 468 g/mol. The Balaban J connectivity index is 3.09. The second-order valence-electron chi connectivity index (χ2n) is 13.4. The molecule has 6 heteroatoms. The average Bonchev–Trinajstić information content (AvgIpc) is 2.75. The Morgan fingerprint density at radius 3 is 1.77 bits per heavy atom. The topological polar surface area (TPSA) is 36.9 Å². The number of rotatable bonds is 13. The molecule has 0 N–H and O–H groups in total. The van der Waals surface area contributed by atoms with Crippen LogP contribution in [0.4, 0.5) is 0 Å². The summed E-state index contributed by atoms with van der Waals surface area (Å²) in [6.07, 6.45) is 1.15. The van der Waals surface area contributed by atoms with E-state index in [1.165, 1.54) is 0 Å². The third-order valence-electron chi connectivity index (χ3n) is 8.44. The molecule has 0 fully saturated rings. The van der Waals surface area contributed by atoms with E-state index in [2.05, 4.69) is 101 Å². The van der Waals surface area contributed by atoms with Crippen LogP contribution in [0.3, 0.4) is 0 Å². The van der Waals surface area contributed by atoms with Gasteiger partial charge in [-0.05, 0) is 60.4 Å². The fraction of sp³-hybridized carbons (Fsp3) is 0.793. The molecule has 204 valence electrons. The summed E-state index contributed by atoms with van der Waals surface area (Å²) in [5, 5.41) is 0.345. The lowest BCUT2D eigenvalue weighted by molar-refractivity contribution is -0.0552. The Bertz CT molecular complexity index is 747. The molecule has 0 saturated heterocycles. The van der Waals surface area contributed by atoms with Gasteiger partial charge in [-0.1, -0.05) is 74.4 Å². The van der Waals surface area contributed by atoms with Crippen LogP contribution in [0, 0.1) is 11.8 Å². The number of benzene rings is 1. The molecule has 0 amide bonds. The van der Waals surface area contributed by atoms with Gasteiger partial charge in [0.2, 0.25) is 0 Å². The van der Waals surface area contributed by atoms with Crippen LogP contribution >= 0.6 is 0 Å². The minimum atomic E-state index is -1.97. The smallest absolute Gasteiger partial charge is 0.192 e. The van der Waals surface area contributed by atoms with Crippen molar-refractivity contribution in [2.24, 2.45) is 11.8 Å². The number of hydrogen-bond donors (Lipinski definition) is 0. The number of ether oxygens (including phenoxy) is 2. The summed E-state index contributed by atoms with van der Waals surface area (Å²) >= 11 is 0. The molecule has 4 nitrogen and oxygen atoms in total. The highest BCUT2D eigenvalue weighted by atomic mass is 28.4. The first-order valence-electron chi connectivity index (χ1n) is 13.4. The van der Waals surface area contributed by atoms with Gasteiger partial charge in [0.05, 0.1) is 25.9 Å². The highest BCUT2D eigenvalue weighted by molar-refractivity contribution is 6.74. The predicted molar refractivity (Wildman–Crippen MR) is 155 cm³/mol. The van der Waals surface area contributed by atoms with Gasteiger partial charge in [-0.2, -0.15) is 0 Å². The first-order valence-corrected chi connectivity index (χ1v) is 19.2. The fourth-order valence-electron chi connectivity index (χ4n) is 3.69. The van der Waals surface area contributed by atoms with Gasteiger partial charge in [0.15, 0.2) is 16.6 Å². The molecule has 0 spiro atoms. The van der Waals surface area contributed by atoms with Crippen LogP contribution in [-0.2, 0) is 20.2 Å². The molecule has 0 aromatic heterocycles. The second-order valence-corrected chi connectivity index (χ2v) is 22.9. The summed E-state index contributed by atoms with van der Waals surface area (Å²) < 4.78 is 25.6. The quantitative estimate of drug-likeness (QED) is 0.242. The van der Waals surface area contributed by atoms with Crippen LogP contribution in [-0.4, -0.2) is 42.6 Å².